The molecule has 0 amide bonds. The van der Waals surface area contributed by atoms with Crippen LogP contribution in [-0.2, 0) is 20.1 Å². The Bertz CT molecular complexity index is 1800. The van der Waals surface area contributed by atoms with Crippen LogP contribution >= 0.6 is 0 Å². The Morgan fingerprint density at radius 1 is 0.860 bits per heavy atom. The minimum Gasteiger partial charge on any atom is -0.501 e. The van der Waals surface area contributed by atoms with Crippen molar-refractivity contribution in [1.29, 1.82) is 0 Å². The molecule has 0 N–H and O–H groups in total. The molecule has 0 bridgehead atoms. The van der Waals surface area contributed by atoms with E-state index in [0.717, 1.165) is 46.5 Å². The second kappa shape index (κ2) is 13.9. The predicted molar refractivity (Wildman–Crippen MR) is 180 cm³/mol. The molecule has 1 radical (unpaired) electrons. The maximum Gasteiger partial charge on any atom is 0.120 e. The molecular formula is C38H40IrN2OSi-2. The van der Waals surface area contributed by atoms with Gasteiger partial charge in [-0.3, -0.25) is 0 Å². The number of aromatic nitrogens is 2. The summed E-state index contributed by atoms with van der Waals surface area (Å²) in [5, 5.41) is 3.85. The van der Waals surface area contributed by atoms with Gasteiger partial charge in [0, 0.05) is 46.0 Å². The molecule has 0 saturated carbocycles. The fourth-order valence-corrected chi connectivity index (χ4v) is 7.20. The van der Waals surface area contributed by atoms with Gasteiger partial charge >= 0.3 is 0 Å². The van der Waals surface area contributed by atoms with Crippen LogP contribution < -0.4 is 5.19 Å². The van der Waals surface area contributed by atoms with Crippen LogP contribution in [0.25, 0.3) is 44.5 Å². The Kier molecular flexibility index (Phi) is 10.6. The average Bonchev–Trinajstić information content (AvgIpc) is 3.39. The molecule has 0 aliphatic carbocycles. The minimum absolute atomic E-state index is 0. The summed E-state index contributed by atoms with van der Waals surface area (Å²) in [5.74, 6) is 0.559. The van der Waals surface area contributed by atoms with Gasteiger partial charge in [-0.05, 0) is 67.3 Å². The summed E-state index contributed by atoms with van der Waals surface area (Å²) in [6, 6.07) is 31.4. The zero-order valence-electron chi connectivity index (χ0n) is 26.2. The van der Waals surface area contributed by atoms with Gasteiger partial charge in [-0.25, -0.2) is 0 Å². The van der Waals surface area contributed by atoms with Crippen LogP contribution in [0.5, 0.6) is 0 Å². The van der Waals surface area contributed by atoms with E-state index in [1.807, 2.05) is 55.7 Å². The fourth-order valence-electron chi connectivity index (χ4n) is 5.69. The van der Waals surface area contributed by atoms with Gasteiger partial charge in [0.2, 0.25) is 0 Å². The first-order valence-corrected chi connectivity index (χ1v) is 18.4. The maximum absolute atomic E-state index is 6.43. The van der Waals surface area contributed by atoms with Crippen molar-refractivity contribution in [2.24, 2.45) is 0 Å². The second-order valence-corrected chi connectivity index (χ2v) is 17.1. The average molecular weight is 761 g/mol. The number of benzene rings is 3. The third kappa shape index (κ3) is 6.91. The molecule has 43 heavy (non-hydrogen) atoms. The first-order chi connectivity index (χ1) is 20.2. The summed E-state index contributed by atoms with van der Waals surface area (Å²) in [6.07, 6.45) is 6.10. The molecule has 0 unspecified atom stereocenters. The van der Waals surface area contributed by atoms with Crippen molar-refractivity contribution >= 4 is 35.2 Å². The first kappa shape index (κ1) is 32.5. The third-order valence-corrected chi connectivity index (χ3v) is 10.1. The zero-order chi connectivity index (χ0) is 29.9. The Balaban J connectivity index is 0.000000253. The van der Waals surface area contributed by atoms with Crippen molar-refractivity contribution in [3.8, 4) is 22.5 Å². The summed E-state index contributed by atoms with van der Waals surface area (Å²) >= 11 is 0. The van der Waals surface area contributed by atoms with E-state index >= 15 is 0 Å². The van der Waals surface area contributed by atoms with Gasteiger partial charge in [0.05, 0.1) is 5.58 Å². The van der Waals surface area contributed by atoms with E-state index in [-0.39, 0.29) is 20.1 Å². The molecule has 0 saturated heterocycles. The molecule has 0 aliphatic heterocycles. The number of para-hydroxylation sites is 1. The molecule has 3 nitrogen and oxygen atoms in total. The number of fused-ring (bicyclic) bond motifs is 3. The third-order valence-electron chi connectivity index (χ3n) is 8.07. The van der Waals surface area contributed by atoms with E-state index in [4.69, 9.17) is 9.40 Å². The molecule has 0 spiro atoms. The van der Waals surface area contributed by atoms with Crippen molar-refractivity contribution in [3.63, 3.8) is 0 Å². The summed E-state index contributed by atoms with van der Waals surface area (Å²) in [5.41, 5.74) is 9.71. The van der Waals surface area contributed by atoms with Gasteiger partial charge < -0.3 is 14.4 Å². The molecule has 3 heterocycles. The minimum atomic E-state index is -1.57. The van der Waals surface area contributed by atoms with Gasteiger partial charge in [0.25, 0.3) is 0 Å². The monoisotopic (exact) mass is 761 g/mol. The van der Waals surface area contributed by atoms with Crippen LogP contribution in [0, 0.1) is 26.0 Å². The SMILES string of the molecule is CCC(CC)c1ccnc(-c2[c-]cc([Si](C)(C)C)c3c2oc2ccccc23)c1C.Cc1ccc(-c2[c-]cccc2)nc1.[Ir]. The van der Waals surface area contributed by atoms with Crippen molar-refractivity contribution in [2.45, 2.75) is 66.1 Å². The molecule has 0 atom stereocenters. The number of furan rings is 1. The summed E-state index contributed by atoms with van der Waals surface area (Å²) in [6.45, 7) is 15.9. The van der Waals surface area contributed by atoms with E-state index in [9.17, 15) is 0 Å². The molecule has 6 aromatic rings. The van der Waals surface area contributed by atoms with Crippen molar-refractivity contribution in [1.82, 2.24) is 9.97 Å². The molecule has 3 aromatic carbocycles. The number of nitrogens with zero attached hydrogens (tertiary/aromatic N) is 2. The number of aryl methyl sites for hydroxylation is 1. The van der Waals surface area contributed by atoms with Gasteiger partial charge in [0.15, 0.2) is 0 Å². The summed E-state index contributed by atoms with van der Waals surface area (Å²) < 4.78 is 6.43. The normalized spacial score (nSPS) is 11.3. The van der Waals surface area contributed by atoms with Gasteiger partial charge in [-0.2, -0.15) is 0 Å². The van der Waals surface area contributed by atoms with Gasteiger partial charge in [-0.1, -0.05) is 80.3 Å². The van der Waals surface area contributed by atoms with E-state index in [1.165, 1.54) is 32.6 Å². The van der Waals surface area contributed by atoms with Crippen LogP contribution in [0.2, 0.25) is 19.6 Å². The number of pyridine rings is 2. The van der Waals surface area contributed by atoms with Gasteiger partial charge in [-0.15, -0.1) is 53.2 Å². The second-order valence-electron chi connectivity index (χ2n) is 12.0. The van der Waals surface area contributed by atoms with Gasteiger partial charge in [0.1, 0.15) is 5.58 Å². The zero-order valence-corrected chi connectivity index (χ0v) is 29.6. The van der Waals surface area contributed by atoms with Crippen LogP contribution in [0.1, 0.15) is 49.3 Å². The molecule has 223 valence electrons. The van der Waals surface area contributed by atoms with E-state index < -0.39 is 8.07 Å². The number of rotatable bonds is 6. The molecule has 0 fully saturated rings. The maximum atomic E-state index is 6.43. The Morgan fingerprint density at radius 2 is 1.60 bits per heavy atom. The Hall–Kier alpha value is -3.37. The van der Waals surface area contributed by atoms with Crippen molar-refractivity contribution < 1.29 is 24.5 Å². The largest absolute Gasteiger partial charge is 0.501 e. The van der Waals surface area contributed by atoms with Crippen LogP contribution in [0.3, 0.4) is 0 Å². The van der Waals surface area contributed by atoms with E-state index in [1.54, 1.807) is 0 Å². The summed E-state index contributed by atoms with van der Waals surface area (Å²) in [7, 11) is -1.57. The molecule has 5 heteroatoms. The number of hydrogen-bond donors (Lipinski definition) is 0. The molecular weight excluding hydrogens is 721 g/mol. The predicted octanol–water partition coefficient (Wildman–Crippen LogP) is 10.1. The van der Waals surface area contributed by atoms with Crippen LogP contribution in [0.15, 0.2) is 89.6 Å². The number of hydrogen-bond acceptors (Lipinski definition) is 3. The Labute approximate surface area is 271 Å². The Morgan fingerprint density at radius 3 is 2.26 bits per heavy atom. The fraction of sp³-hybridized carbons (Fsp3) is 0.263. The van der Waals surface area contributed by atoms with E-state index in [2.05, 4.69) is 93.9 Å². The summed E-state index contributed by atoms with van der Waals surface area (Å²) in [4.78, 5) is 9.11. The van der Waals surface area contributed by atoms with E-state index in [0.29, 0.717) is 5.92 Å². The molecule has 6 rings (SSSR count). The van der Waals surface area contributed by atoms with Crippen LogP contribution in [0.4, 0.5) is 0 Å². The van der Waals surface area contributed by atoms with Crippen molar-refractivity contribution in [3.05, 3.63) is 114 Å². The van der Waals surface area contributed by atoms with Crippen LogP contribution in [-0.4, -0.2) is 18.0 Å². The molecule has 3 aromatic heterocycles. The topological polar surface area (TPSA) is 38.9 Å². The smallest absolute Gasteiger partial charge is 0.120 e. The quantitative estimate of drug-likeness (QED) is 0.125. The standard InChI is InChI=1S/C26H30NOSi.C12H10N.Ir/c1-7-18(8-2)19-15-16-27-25(17(19)3)21-13-14-23(29(4,5)6)24-20-11-9-10-12-22(20)28-26(21)24;1-10-7-8-12(13-9-10)11-5-3-2-4-6-11;/h9-12,14-16,18H,7-8H2,1-6H3;2-5,7-9H,1H3;/q2*-1;. The molecule has 0 aliphatic rings. The first-order valence-electron chi connectivity index (χ1n) is 14.9. The van der Waals surface area contributed by atoms with Crippen molar-refractivity contribution in [2.75, 3.05) is 0 Å².